The van der Waals surface area contributed by atoms with Gasteiger partial charge in [-0.3, -0.25) is 10.1 Å². The molecule has 0 aliphatic heterocycles. The highest BCUT2D eigenvalue weighted by atomic mass is 16.6. The zero-order valence-corrected chi connectivity index (χ0v) is 7.56. The monoisotopic (exact) mass is 183 g/mol. The Morgan fingerprint density at radius 1 is 1.69 bits per heavy atom. The average molecular weight is 183 g/mol. The first-order chi connectivity index (χ1) is 6.13. The highest BCUT2D eigenvalue weighted by Gasteiger charge is 2.11. The van der Waals surface area contributed by atoms with E-state index in [4.69, 9.17) is 5.11 Å². The second kappa shape index (κ2) is 6.14. The van der Waals surface area contributed by atoms with Gasteiger partial charge in [0, 0.05) is 0 Å². The Labute approximate surface area is 77.0 Å². The molecule has 0 saturated heterocycles. The molecule has 0 heterocycles. The van der Waals surface area contributed by atoms with Crippen molar-refractivity contribution in [2.45, 2.75) is 13.3 Å². The fourth-order valence-electron chi connectivity index (χ4n) is 0.678. The standard InChI is InChI=1S/C9H13NO3/c1-3-4-5-6-9(7-11)8(2)10(12)13/h4-6,11H,2-3,7H2,1H3/b5-4-,9-6-. The summed E-state index contributed by atoms with van der Waals surface area (Å²) < 4.78 is 0. The molecular formula is C9H13NO3. The Kier molecular flexibility index (Phi) is 5.47. The van der Waals surface area contributed by atoms with Crippen LogP contribution in [0, 0.1) is 10.1 Å². The van der Waals surface area contributed by atoms with Crippen LogP contribution < -0.4 is 0 Å². The first kappa shape index (κ1) is 11.6. The van der Waals surface area contributed by atoms with Crippen LogP contribution in [0.15, 0.2) is 36.1 Å². The molecule has 0 radical (unpaired) electrons. The van der Waals surface area contributed by atoms with E-state index in [1.165, 1.54) is 6.08 Å². The number of rotatable bonds is 5. The zero-order valence-electron chi connectivity index (χ0n) is 7.56. The van der Waals surface area contributed by atoms with Crippen molar-refractivity contribution in [2.24, 2.45) is 0 Å². The summed E-state index contributed by atoms with van der Waals surface area (Å²) in [7, 11) is 0. The molecular weight excluding hydrogens is 170 g/mol. The number of aliphatic hydroxyl groups excluding tert-OH is 1. The molecule has 0 aromatic carbocycles. The Morgan fingerprint density at radius 2 is 2.31 bits per heavy atom. The maximum atomic E-state index is 10.3. The van der Waals surface area contributed by atoms with Crippen molar-refractivity contribution in [3.63, 3.8) is 0 Å². The second-order valence-corrected chi connectivity index (χ2v) is 2.39. The third kappa shape index (κ3) is 4.22. The minimum atomic E-state index is -0.609. The van der Waals surface area contributed by atoms with Gasteiger partial charge in [0.1, 0.15) is 0 Å². The normalized spacial score (nSPS) is 12.0. The maximum Gasteiger partial charge on any atom is 0.267 e. The van der Waals surface area contributed by atoms with Crippen molar-refractivity contribution in [3.8, 4) is 0 Å². The number of allylic oxidation sites excluding steroid dienone is 3. The van der Waals surface area contributed by atoms with Crippen molar-refractivity contribution in [2.75, 3.05) is 6.61 Å². The van der Waals surface area contributed by atoms with Crippen LogP contribution >= 0.6 is 0 Å². The van der Waals surface area contributed by atoms with E-state index in [2.05, 4.69) is 6.58 Å². The Balaban J connectivity index is 4.50. The molecule has 0 spiro atoms. The van der Waals surface area contributed by atoms with Gasteiger partial charge < -0.3 is 5.11 Å². The van der Waals surface area contributed by atoms with Gasteiger partial charge in [0.05, 0.1) is 17.1 Å². The van der Waals surface area contributed by atoms with Gasteiger partial charge in [0.2, 0.25) is 0 Å². The van der Waals surface area contributed by atoms with E-state index >= 15 is 0 Å². The van der Waals surface area contributed by atoms with Gasteiger partial charge in [0.15, 0.2) is 0 Å². The molecule has 4 heteroatoms. The predicted octanol–water partition coefficient (Wildman–Crippen LogP) is 1.66. The Bertz CT molecular complexity index is 254. The van der Waals surface area contributed by atoms with Crippen molar-refractivity contribution in [1.29, 1.82) is 0 Å². The molecule has 72 valence electrons. The van der Waals surface area contributed by atoms with E-state index in [-0.39, 0.29) is 17.9 Å². The number of hydrogen-bond acceptors (Lipinski definition) is 3. The van der Waals surface area contributed by atoms with Crippen LogP contribution in [0.2, 0.25) is 0 Å². The molecule has 1 N–H and O–H groups in total. The van der Waals surface area contributed by atoms with Gasteiger partial charge in [-0.1, -0.05) is 25.2 Å². The lowest BCUT2D eigenvalue weighted by Gasteiger charge is -1.96. The van der Waals surface area contributed by atoms with Crippen LogP contribution in [0.1, 0.15) is 13.3 Å². The van der Waals surface area contributed by atoms with Crippen LogP contribution in [0.3, 0.4) is 0 Å². The number of nitro groups is 1. The number of aliphatic hydroxyl groups is 1. The van der Waals surface area contributed by atoms with Crippen LogP contribution in [-0.2, 0) is 0 Å². The van der Waals surface area contributed by atoms with Gasteiger partial charge in [-0.05, 0) is 13.0 Å². The zero-order chi connectivity index (χ0) is 10.3. The van der Waals surface area contributed by atoms with Gasteiger partial charge in [-0.25, -0.2) is 0 Å². The maximum absolute atomic E-state index is 10.3. The molecule has 0 bridgehead atoms. The molecule has 0 saturated carbocycles. The Morgan fingerprint density at radius 3 is 2.69 bits per heavy atom. The summed E-state index contributed by atoms with van der Waals surface area (Å²) in [5, 5.41) is 19.0. The van der Waals surface area contributed by atoms with E-state index in [0.29, 0.717) is 0 Å². The fraction of sp³-hybridized carbons (Fsp3) is 0.333. The van der Waals surface area contributed by atoms with Crippen LogP contribution in [0.25, 0.3) is 0 Å². The topological polar surface area (TPSA) is 63.4 Å². The Hall–Kier alpha value is -1.42. The third-order valence-corrected chi connectivity index (χ3v) is 1.43. The predicted molar refractivity (Wildman–Crippen MR) is 50.7 cm³/mol. The third-order valence-electron chi connectivity index (χ3n) is 1.43. The molecule has 0 fully saturated rings. The first-order valence-corrected chi connectivity index (χ1v) is 3.93. The molecule has 0 aliphatic rings. The van der Waals surface area contributed by atoms with E-state index in [9.17, 15) is 10.1 Å². The second-order valence-electron chi connectivity index (χ2n) is 2.39. The van der Waals surface area contributed by atoms with Crippen molar-refractivity contribution >= 4 is 0 Å². The van der Waals surface area contributed by atoms with Crippen LogP contribution in [-0.4, -0.2) is 16.6 Å². The summed E-state index contributed by atoms with van der Waals surface area (Å²) in [6.07, 6.45) is 5.85. The van der Waals surface area contributed by atoms with Gasteiger partial charge in [-0.15, -0.1) is 0 Å². The summed E-state index contributed by atoms with van der Waals surface area (Å²) in [5.41, 5.74) is -0.0297. The number of hydrogen-bond donors (Lipinski definition) is 1. The molecule has 0 amide bonds. The lowest BCUT2D eigenvalue weighted by molar-refractivity contribution is -0.420. The lowest BCUT2D eigenvalue weighted by atomic mass is 10.2. The minimum Gasteiger partial charge on any atom is -0.391 e. The largest absolute Gasteiger partial charge is 0.391 e. The molecule has 4 nitrogen and oxygen atoms in total. The molecule has 0 aromatic heterocycles. The molecule has 0 atom stereocenters. The minimum absolute atomic E-state index is 0.231. The van der Waals surface area contributed by atoms with Crippen LogP contribution in [0.5, 0.6) is 0 Å². The van der Waals surface area contributed by atoms with Crippen molar-refractivity contribution in [3.05, 3.63) is 46.2 Å². The summed E-state index contributed by atoms with van der Waals surface area (Å²) in [6.45, 7) is 4.83. The van der Waals surface area contributed by atoms with Gasteiger partial charge in [0.25, 0.3) is 5.70 Å². The molecule has 13 heavy (non-hydrogen) atoms. The molecule has 0 aliphatic carbocycles. The summed E-state index contributed by atoms with van der Waals surface area (Å²) in [5.74, 6) is 0. The van der Waals surface area contributed by atoms with E-state index in [1.807, 2.05) is 13.0 Å². The highest BCUT2D eigenvalue weighted by molar-refractivity contribution is 5.26. The summed E-state index contributed by atoms with van der Waals surface area (Å²) in [6, 6.07) is 0. The lowest BCUT2D eigenvalue weighted by Crippen LogP contribution is -2.03. The molecule has 0 unspecified atom stereocenters. The average Bonchev–Trinajstić information content (AvgIpc) is 2.11. The quantitative estimate of drug-likeness (QED) is 0.400. The van der Waals surface area contributed by atoms with Gasteiger partial charge >= 0.3 is 0 Å². The number of nitrogens with zero attached hydrogens (tertiary/aromatic N) is 1. The fourth-order valence-corrected chi connectivity index (χ4v) is 0.678. The molecule has 0 rings (SSSR count). The summed E-state index contributed by atoms with van der Waals surface area (Å²) in [4.78, 5) is 9.65. The molecule has 0 aromatic rings. The van der Waals surface area contributed by atoms with Crippen molar-refractivity contribution in [1.82, 2.24) is 0 Å². The SMILES string of the molecule is C=C(/C(=C\C=C/CC)CO)[N+](=O)[O-]. The summed E-state index contributed by atoms with van der Waals surface area (Å²) >= 11 is 0. The smallest absolute Gasteiger partial charge is 0.267 e. The van der Waals surface area contributed by atoms with Crippen molar-refractivity contribution < 1.29 is 10.0 Å². The van der Waals surface area contributed by atoms with Crippen LogP contribution in [0.4, 0.5) is 0 Å². The van der Waals surface area contributed by atoms with Gasteiger partial charge in [-0.2, -0.15) is 0 Å². The first-order valence-electron chi connectivity index (χ1n) is 3.93. The van der Waals surface area contributed by atoms with E-state index < -0.39 is 4.92 Å². The highest BCUT2D eigenvalue weighted by Crippen LogP contribution is 2.07. The van der Waals surface area contributed by atoms with E-state index in [1.54, 1.807) is 6.08 Å². The van der Waals surface area contributed by atoms with E-state index in [0.717, 1.165) is 6.42 Å².